The highest BCUT2D eigenvalue weighted by Crippen LogP contribution is 2.47. The number of rotatable bonds is 3. The first-order chi connectivity index (χ1) is 12.5. The maximum atomic E-state index is 3.52. The van der Waals surface area contributed by atoms with Gasteiger partial charge >= 0.3 is 0 Å². The van der Waals surface area contributed by atoms with Crippen molar-refractivity contribution in [2.45, 2.75) is 46.0 Å². The van der Waals surface area contributed by atoms with Gasteiger partial charge in [-0.15, -0.1) is 5.73 Å². The van der Waals surface area contributed by atoms with Crippen LogP contribution in [-0.4, -0.2) is 0 Å². The lowest BCUT2D eigenvalue weighted by molar-refractivity contribution is 0.573. The third kappa shape index (κ3) is 3.66. The summed E-state index contributed by atoms with van der Waals surface area (Å²) in [6.45, 7) is 8.69. The maximum Gasteiger partial charge on any atom is 0.0458 e. The van der Waals surface area contributed by atoms with E-state index in [2.05, 4.69) is 106 Å². The van der Waals surface area contributed by atoms with Crippen molar-refractivity contribution in [2.24, 2.45) is 0 Å². The molecule has 26 heavy (non-hydrogen) atoms. The van der Waals surface area contributed by atoms with E-state index in [1.54, 1.807) is 0 Å². The van der Waals surface area contributed by atoms with Gasteiger partial charge in [0.05, 0.1) is 0 Å². The summed E-state index contributed by atoms with van der Waals surface area (Å²) in [5.74, 6) is 0. The first kappa shape index (κ1) is 18.2. The van der Waals surface area contributed by atoms with Crippen LogP contribution >= 0.6 is 0 Å². The highest BCUT2D eigenvalue weighted by atomic mass is 14.4. The molecule has 1 atom stereocenters. The van der Waals surface area contributed by atoms with E-state index in [1.807, 2.05) is 0 Å². The molecule has 0 saturated heterocycles. The van der Waals surface area contributed by atoms with Crippen LogP contribution in [0.2, 0.25) is 0 Å². The number of hydrogen-bond acceptors (Lipinski definition) is 0. The zero-order chi connectivity index (χ0) is 18.6. The molecule has 0 heterocycles. The van der Waals surface area contributed by atoms with E-state index in [-0.39, 0.29) is 5.41 Å². The average Bonchev–Trinajstić information content (AvgIpc) is 2.67. The molecule has 0 N–H and O–H groups in total. The number of benzene rings is 2. The molecular formula is C26H28. The molecule has 0 fully saturated rings. The summed E-state index contributed by atoms with van der Waals surface area (Å²) in [5, 5.41) is 0. The molecule has 1 aliphatic rings. The Morgan fingerprint density at radius 1 is 0.885 bits per heavy atom. The summed E-state index contributed by atoms with van der Waals surface area (Å²) in [6, 6.07) is 21.7. The van der Waals surface area contributed by atoms with Crippen LogP contribution in [0.4, 0.5) is 0 Å². The molecule has 0 radical (unpaired) electrons. The second-order valence-corrected chi connectivity index (χ2v) is 7.58. The van der Waals surface area contributed by atoms with Crippen molar-refractivity contribution in [3.8, 4) is 0 Å². The van der Waals surface area contributed by atoms with Crippen LogP contribution in [0.3, 0.4) is 0 Å². The van der Waals surface area contributed by atoms with E-state index in [0.717, 1.165) is 12.8 Å². The van der Waals surface area contributed by atoms with Gasteiger partial charge in [-0.3, -0.25) is 0 Å². The van der Waals surface area contributed by atoms with Crippen LogP contribution in [0.15, 0.2) is 95.3 Å². The Morgan fingerprint density at radius 3 is 2.08 bits per heavy atom. The van der Waals surface area contributed by atoms with Crippen LogP contribution in [0.25, 0.3) is 5.57 Å². The van der Waals surface area contributed by atoms with Gasteiger partial charge in [0.15, 0.2) is 0 Å². The largest absolute Gasteiger partial charge is 0.125 e. The molecule has 0 aromatic heterocycles. The molecule has 0 saturated carbocycles. The van der Waals surface area contributed by atoms with E-state index in [9.17, 15) is 0 Å². The van der Waals surface area contributed by atoms with Gasteiger partial charge in [0.1, 0.15) is 0 Å². The average molecular weight is 341 g/mol. The lowest BCUT2D eigenvalue weighted by Gasteiger charge is -2.38. The van der Waals surface area contributed by atoms with E-state index in [4.69, 9.17) is 0 Å². The van der Waals surface area contributed by atoms with Crippen molar-refractivity contribution < 1.29 is 0 Å². The summed E-state index contributed by atoms with van der Waals surface area (Å²) >= 11 is 0. The van der Waals surface area contributed by atoms with Crippen molar-refractivity contribution in [3.63, 3.8) is 0 Å². The van der Waals surface area contributed by atoms with Crippen LogP contribution in [0.5, 0.6) is 0 Å². The Morgan fingerprint density at radius 2 is 1.50 bits per heavy atom. The van der Waals surface area contributed by atoms with Crippen molar-refractivity contribution in [3.05, 3.63) is 106 Å². The first-order valence-corrected chi connectivity index (χ1v) is 9.43. The lowest BCUT2D eigenvalue weighted by atomic mass is 9.65. The third-order valence-electron chi connectivity index (χ3n) is 5.17. The fourth-order valence-corrected chi connectivity index (χ4v) is 3.85. The van der Waals surface area contributed by atoms with E-state index in [0.29, 0.717) is 0 Å². The Balaban J connectivity index is 2.21. The number of allylic oxidation sites excluding steroid dienone is 5. The molecule has 0 nitrogen and oxygen atoms in total. The fraction of sp³-hybridized carbons (Fsp3) is 0.269. The van der Waals surface area contributed by atoms with Gasteiger partial charge in [-0.05, 0) is 74.5 Å². The fourth-order valence-electron chi connectivity index (χ4n) is 3.85. The van der Waals surface area contributed by atoms with E-state index < -0.39 is 0 Å². The van der Waals surface area contributed by atoms with Gasteiger partial charge < -0.3 is 0 Å². The van der Waals surface area contributed by atoms with Crippen molar-refractivity contribution >= 4 is 5.57 Å². The molecule has 1 unspecified atom stereocenters. The van der Waals surface area contributed by atoms with Crippen LogP contribution in [0, 0.1) is 0 Å². The molecule has 0 aliphatic heterocycles. The van der Waals surface area contributed by atoms with Crippen LogP contribution in [0.1, 0.15) is 51.7 Å². The minimum Gasteiger partial charge on any atom is -0.125 e. The first-order valence-electron chi connectivity index (χ1n) is 9.43. The third-order valence-corrected chi connectivity index (χ3v) is 5.17. The van der Waals surface area contributed by atoms with Crippen molar-refractivity contribution in [1.82, 2.24) is 0 Å². The van der Waals surface area contributed by atoms with E-state index >= 15 is 0 Å². The van der Waals surface area contributed by atoms with Gasteiger partial charge in [-0.25, -0.2) is 0 Å². The number of hydrogen-bond donors (Lipinski definition) is 0. The summed E-state index contributed by atoms with van der Waals surface area (Å²) in [7, 11) is 0. The van der Waals surface area contributed by atoms with Gasteiger partial charge in [0.25, 0.3) is 0 Å². The topological polar surface area (TPSA) is 0 Å². The van der Waals surface area contributed by atoms with Gasteiger partial charge in [-0.1, -0.05) is 72.3 Å². The molecule has 0 bridgehead atoms. The van der Waals surface area contributed by atoms with Gasteiger partial charge in [0.2, 0.25) is 0 Å². The zero-order valence-corrected chi connectivity index (χ0v) is 16.3. The summed E-state index contributed by atoms with van der Waals surface area (Å²) in [6.07, 6.45) is 6.86. The molecule has 132 valence electrons. The normalized spacial score (nSPS) is 19.4. The molecule has 1 aliphatic carbocycles. The van der Waals surface area contributed by atoms with E-state index in [1.165, 1.54) is 33.4 Å². The Kier molecular flexibility index (Phi) is 5.45. The smallest absolute Gasteiger partial charge is 0.0458 e. The molecule has 2 aromatic rings. The van der Waals surface area contributed by atoms with Crippen LogP contribution in [-0.2, 0) is 5.41 Å². The molecule has 3 rings (SSSR count). The highest BCUT2D eigenvalue weighted by Gasteiger charge is 2.36. The van der Waals surface area contributed by atoms with Crippen molar-refractivity contribution in [2.75, 3.05) is 0 Å². The Bertz CT molecular complexity index is 880. The maximum absolute atomic E-state index is 3.52. The van der Waals surface area contributed by atoms with Crippen molar-refractivity contribution in [1.29, 1.82) is 0 Å². The standard InChI is InChI=1S/C26H28/c1-20(2)15-17-26(24-13-9-6-10-14-24)18-16-23(19-25(26)21(3)4)22-11-7-5-8-12-22/h5-14,17,19H,16,18H2,1-4H3. The molecule has 0 heteroatoms. The van der Waals surface area contributed by atoms with Gasteiger partial charge in [0, 0.05) is 5.41 Å². The molecule has 2 aromatic carbocycles. The summed E-state index contributed by atoms with van der Waals surface area (Å²) in [4.78, 5) is 0. The van der Waals surface area contributed by atoms with Crippen LogP contribution < -0.4 is 0 Å². The highest BCUT2D eigenvalue weighted by molar-refractivity contribution is 5.73. The molecular weight excluding hydrogens is 312 g/mol. The minimum atomic E-state index is -0.102. The Hall–Kier alpha value is -2.56. The molecule has 0 spiro atoms. The SMILES string of the molecule is CC(C)=C=CC1(c2ccccc2)CCC(c2ccccc2)=CC1=C(C)C. The Labute approximate surface area is 158 Å². The summed E-state index contributed by atoms with van der Waals surface area (Å²) in [5.41, 5.74) is 11.5. The molecule has 0 amide bonds. The lowest BCUT2D eigenvalue weighted by Crippen LogP contribution is -2.29. The second-order valence-electron chi connectivity index (χ2n) is 7.58. The predicted molar refractivity (Wildman–Crippen MR) is 113 cm³/mol. The minimum absolute atomic E-state index is 0.102. The zero-order valence-electron chi connectivity index (χ0n) is 16.3. The second kappa shape index (κ2) is 7.77. The quantitative estimate of drug-likeness (QED) is 0.516. The monoisotopic (exact) mass is 340 g/mol. The van der Waals surface area contributed by atoms with Gasteiger partial charge in [-0.2, -0.15) is 0 Å². The summed E-state index contributed by atoms with van der Waals surface area (Å²) < 4.78 is 0. The predicted octanol–water partition coefficient (Wildman–Crippen LogP) is 7.26.